The summed E-state index contributed by atoms with van der Waals surface area (Å²) in [5.41, 5.74) is 1.27. The number of benzene rings is 2. The van der Waals surface area contributed by atoms with Gasteiger partial charge in [-0.1, -0.05) is 17.3 Å². The molecule has 2 aromatic carbocycles. The molecule has 3 rings (SSSR count). The first-order valence-corrected chi connectivity index (χ1v) is 6.01. The molecule has 3 aromatic rings. The van der Waals surface area contributed by atoms with E-state index in [1.807, 2.05) is 0 Å². The molecule has 1 aromatic heterocycles. The van der Waals surface area contributed by atoms with E-state index in [1.165, 1.54) is 20.3 Å². The first kappa shape index (κ1) is 12.5. The van der Waals surface area contributed by atoms with Crippen molar-refractivity contribution in [1.29, 1.82) is 0 Å². The highest BCUT2D eigenvalue weighted by molar-refractivity contribution is 5.96. The Hall–Kier alpha value is -2.56. The van der Waals surface area contributed by atoms with Crippen molar-refractivity contribution in [3.63, 3.8) is 0 Å². The van der Waals surface area contributed by atoms with E-state index in [4.69, 9.17) is 14.0 Å². The number of nitrogens with zero attached hydrogens (tertiary/aromatic N) is 1. The highest BCUT2D eigenvalue weighted by Gasteiger charge is 2.19. The van der Waals surface area contributed by atoms with E-state index in [-0.39, 0.29) is 5.82 Å². The molecule has 0 unspecified atom stereocenters. The van der Waals surface area contributed by atoms with Crippen LogP contribution in [0.5, 0.6) is 11.5 Å². The van der Waals surface area contributed by atoms with Gasteiger partial charge in [-0.3, -0.25) is 0 Å². The van der Waals surface area contributed by atoms with Gasteiger partial charge in [0.1, 0.15) is 11.5 Å². The summed E-state index contributed by atoms with van der Waals surface area (Å²) in [5, 5.41) is 4.63. The van der Waals surface area contributed by atoms with Gasteiger partial charge in [-0.25, -0.2) is 4.39 Å². The van der Waals surface area contributed by atoms with Crippen LogP contribution >= 0.6 is 0 Å². The number of halogens is 1. The molecule has 0 saturated heterocycles. The van der Waals surface area contributed by atoms with E-state index < -0.39 is 0 Å². The molecule has 0 spiro atoms. The topological polar surface area (TPSA) is 44.5 Å². The minimum atomic E-state index is -0.350. The number of ether oxygens (including phenoxy) is 2. The standard InChI is InChI=1S/C15H12FNO3/c1-18-12-8-7-10-13(9-5-3-4-6-11(9)16)17-20-14(10)15(12)19-2/h3-8H,1-2H3. The molecule has 0 atom stereocenters. The van der Waals surface area contributed by atoms with Crippen LogP contribution in [0, 0.1) is 5.82 Å². The molecule has 0 N–H and O–H groups in total. The van der Waals surface area contributed by atoms with E-state index in [0.717, 1.165) is 0 Å². The summed E-state index contributed by atoms with van der Waals surface area (Å²) in [4.78, 5) is 0. The van der Waals surface area contributed by atoms with Crippen molar-refractivity contribution < 1.29 is 18.4 Å². The van der Waals surface area contributed by atoms with Crippen molar-refractivity contribution in [2.75, 3.05) is 14.2 Å². The second kappa shape index (κ2) is 4.85. The molecule has 1 heterocycles. The Morgan fingerprint density at radius 3 is 2.55 bits per heavy atom. The van der Waals surface area contributed by atoms with Crippen molar-refractivity contribution in [3.8, 4) is 22.8 Å². The molecule has 0 aliphatic carbocycles. The van der Waals surface area contributed by atoms with E-state index >= 15 is 0 Å². The monoisotopic (exact) mass is 273 g/mol. The highest BCUT2D eigenvalue weighted by Crippen LogP contribution is 2.39. The zero-order chi connectivity index (χ0) is 14.1. The number of hydrogen-bond donors (Lipinski definition) is 0. The molecule has 0 fully saturated rings. The number of rotatable bonds is 3. The first-order valence-electron chi connectivity index (χ1n) is 6.01. The Morgan fingerprint density at radius 2 is 1.85 bits per heavy atom. The minimum absolute atomic E-state index is 0.350. The molecule has 0 radical (unpaired) electrons. The Labute approximate surface area is 114 Å². The lowest BCUT2D eigenvalue weighted by Gasteiger charge is -2.06. The molecule has 102 valence electrons. The van der Waals surface area contributed by atoms with E-state index in [2.05, 4.69) is 5.16 Å². The first-order chi connectivity index (χ1) is 9.76. The highest BCUT2D eigenvalue weighted by atomic mass is 19.1. The van der Waals surface area contributed by atoms with Crippen LogP contribution in [0.25, 0.3) is 22.2 Å². The maximum absolute atomic E-state index is 13.9. The van der Waals surface area contributed by atoms with Crippen molar-refractivity contribution in [2.24, 2.45) is 0 Å². The van der Waals surface area contributed by atoms with Gasteiger partial charge < -0.3 is 14.0 Å². The zero-order valence-corrected chi connectivity index (χ0v) is 11.0. The molecule has 4 nitrogen and oxygen atoms in total. The molecule has 0 aliphatic heterocycles. The normalized spacial score (nSPS) is 10.8. The van der Waals surface area contributed by atoms with Crippen LogP contribution in [0.4, 0.5) is 4.39 Å². The largest absolute Gasteiger partial charge is 0.493 e. The second-order valence-corrected chi connectivity index (χ2v) is 4.19. The van der Waals surface area contributed by atoms with Gasteiger partial charge in [0, 0.05) is 5.56 Å². The third-order valence-corrected chi connectivity index (χ3v) is 3.11. The summed E-state index contributed by atoms with van der Waals surface area (Å²) in [6.45, 7) is 0. The smallest absolute Gasteiger partial charge is 0.213 e. The molecule has 0 saturated carbocycles. The summed E-state index contributed by atoms with van der Waals surface area (Å²) in [7, 11) is 3.06. The van der Waals surface area contributed by atoms with Crippen LogP contribution in [-0.2, 0) is 0 Å². The maximum atomic E-state index is 13.9. The molecule has 20 heavy (non-hydrogen) atoms. The lowest BCUT2D eigenvalue weighted by atomic mass is 10.1. The average molecular weight is 273 g/mol. The van der Waals surface area contributed by atoms with Crippen LogP contribution in [0.1, 0.15) is 0 Å². The fraction of sp³-hybridized carbons (Fsp3) is 0.133. The summed E-state index contributed by atoms with van der Waals surface area (Å²) < 4.78 is 29.6. The lowest BCUT2D eigenvalue weighted by Crippen LogP contribution is -1.90. The van der Waals surface area contributed by atoms with E-state index in [9.17, 15) is 4.39 Å². The Bertz CT molecular complexity index is 767. The molecule has 0 aliphatic rings. The maximum Gasteiger partial charge on any atom is 0.213 e. The number of aromatic nitrogens is 1. The van der Waals surface area contributed by atoms with Crippen LogP contribution in [-0.4, -0.2) is 19.4 Å². The fourth-order valence-electron chi connectivity index (χ4n) is 2.16. The number of fused-ring (bicyclic) bond motifs is 1. The quantitative estimate of drug-likeness (QED) is 0.730. The summed E-state index contributed by atoms with van der Waals surface area (Å²) in [6.07, 6.45) is 0. The van der Waals surface area contributed by atoms with E-state index in [0.29, 0.717) is 33.7 Å². The van der Waals surface area contributed by atoms with Gasteiger partial charge in [0.25, 0.3) is 0 Å². The molecule has 5 heteroatoms. The van der Waals surface area contributed by atoms with Gasteiger partial charge in [0.05, 0.1) is 19.6 Å². The predicted octanol–water partition coefficient (Wildman–Crippen LogP) is 3.65. The van der Waals surface area contributed by atoms with Gasteiger partial charge in [-0.15, -0.1) is 0 Å². The van der Waals surface area contributed by atoms with Crippen LogP contribution in [0.15, 0.2) is 40.9 Å². The Balaban J connectivity index is 2.28. The summed E-state index contributed by atoms with van der Waals surface area (Å²) in [6, 6.07) is 9.93. The molecular weight excluding hydrogens is 261 g/mol. The van der Waals surface area contributed by atoms with Crippen molar-refractivity contribution in [2.45, 2.75) is 0 Å². The van der Waals surface area contributed by atoms with Gasteiger partial charge in [-0.05, 0) is 24.3 Å². The fourth-order valence-corrected chi connectivity index (χ4v) is 2.16. The predicted molar refractivity (Wildman–Crippen MR) is 72.5 cm³/mol. The second-order valence-electron chi connectivity index (χ2n) is 4.19. The van der Waals surface area contributed by atoms with Gasteiger partial charge in [0.2, 0.25) is 11.3 Å². The third kappa shape index (κ3) is 1.79. The van der Waals surface area contributed by atoms with Gasteiger partial charge in [0.15, 0.2) is 5.75 Å². The van der Waals surface area contributed by atoms with Gasteiger partial charge >= 0.3 is 0 Å². The number of hydrogen-bond acceptors (Lipinski definition) is 4. The zero-order valence-electron chi connectivity index (χ0n) is 11.0. The Morgan fingerprint density at radius 1 is 1.05 bits per heavy atom. The summed E-state index contributed by atoms with van der Waals surface area (Å²) >= 11 is 0. The van der Waals surface area contributed by atoms with Crippen molar-refractivity contribution in [1.82, 2.24) is 5.16 Å². The molecular formula is C15H12FNO3. The average Bonchev–Trinajstić information content (AvgIpc) is 2.90. The van der Waals surface area contributed by atoms with Gasteiger partial charge in [-0.2, -0.15) is 0 Å². The van der Waals surface area contributed by atoms with Crippen LogP contribution in [0.2, 0.25) is 0 Å². The van der Waals surface area contributed by atoms with Crippen molar-refractivity contribution in [3.05, 3.63) is 42.2 Å². The molecule has 0 bridgehead atoms. The molecule has 0 amide bonds. The van der Waals surface area contributed by atoms with E-state index in [1.54, 1.807) is 30.3 Å². The SMILES string of the molecule is COc1ccc2c(-c3ccccc3F)noc2c1OC. The minimum Gasteiger partial charge on any atom is -0.493 e. The lowest BCUT2D eigenvalue weighted by molar-refractivity contribution is 0.348. The Kier molecular flexibility index (Phi) is 3.02. The number of methoxy groups -OCH3 is 2. The van der Waals surface area contributed by atoms with Crippen molar-refractivity contribution >= 4 is 11.0 Å². The summed E-state index contributed by atoms with van der Waals surface area (Å²) in [5.74, 6) is 0.633. The van der Waals surface area contributed by atoms with Crippen LogP contribution in [0.3, 0.4) is 0 Å². The van der Waals surface area contributed by atoms with Crippen LogP contribution < -0.4 is 9.47 Å². The third-order valence-electron chi connectivity index (χ3n) is 3.11.